The highest BCUT2D eigenvalue weighted by Gasteiger charge is 2.15. The topological polar surface area (TPSA) is 58.6 Å². The van der Waals surface area contributed by atoms with E-state index in [1.54, 1.807) is 11.3 Å². The third-order valence-corrected chi connectivity index (χ3v) is 6.25. The van der Waals surface area contributed by atoms with Crippen molar-refractivity contribution in [2.75, 3.05) is 13.2 Å². The molecule has 0 amide bonds. The molecule has 0 aliphatic rings. The third-order valence-electron chi connectivity index (χ3n) is 5.55. The van der Waals surface area contributed by atoms with Crippen LogP contribution in [0.2, 0.25) is 0 Å². The fraction of sp³-hybridized carbons (Fsp3) is 0.346. The summed E-state index contributed by atoms with van der Waals surface area (Å²) in [4.78, 5) is 10.5. The first-order valence-corrected chi connectivity index (χ1v) is 11.7. The van der Waals surface area contributed by atoms with Crippen LogP contribution in [0.4, 0.5) is 0 Å². The van der Waals surface area contributed by atoms with Crippen LogP contribution in [-0.4, -0.2) is 24.2 Å². The number of carboxylic acid groups (broad SMARTS) is 1. The van der Waals surface area contributed by atoms with Crippen molar-refractivity contribution in [3.05, 3.63) is 87.1 Å². The smallest absolute Gasteiger partial charge is 0.304 e. The third kappa shape index (κ3) is 7.23. The van der Waals surface area contributed by atoms with Crippen molar-refractivity contribution in [3.63, 3.8) is 0 Å². The maximum absolute atomic E-state index is 10.5. The molecule has 0 radical (unpaired) electrons. The minimum Gasteiger partial charge on any atom is -0.494 e. The van der Waals surface area contributed by atoms with Gasteiger partial charge >= 0.3 is 5.97 Å². The van der Waals surface area contributed by atoms with E-state index in [-0.39, 0.29) is 6.42 Å². The van der Waals surface area contributed by atoms with Crippen LogP contribution < -0.4 is 10.1 Å². The van der Waals surface area contributed by atoms with Crippen LogP contribution in [0.15, 0.2) is 59.3 Å². The number of ether oxygens (including phenoxy) is 1. The van der Waals surface area contributed by atoms with Crippen molar-refractivity contribution < 1.29 is 14.6 Å². The van der Waals surface area contributed by atoms with Gasteiger partial charge in [-0.1, -0.05) is 30.3 Å². The zero-order chi connectivity index (χ0) is 22.1. The molecule has 0 unspecified atom stereocenters. The number of rotatable bonds is 12. The molecule has 1 aromatic heterocycles. The average Bonchev–Trinajstić information content (AvgIpc) is 3.29. The summed E-state index contributed by atoms with van der Waals surface area (Å²) in [5.74, 6) is 0.482. The number of nitrogens with one attached hydrogen (secondary N) is 1. The van der Waals surface area contributed by atoms with E-state index in [1.165, 1.54) is 22.3 Å². The van der Waals surface area contributed by atoms with Gasteiger partial charge < -0.3 is 15.2 Å². The summed E-state index contributed by atoms with van der Waals surface area (Å²) in [7, 11) is 0. The molecular formula is C26H31NO3S. The predicted molar refractivity (Wildman–Crippen MR) is 127 cm³/mol. The van der Waals surface area contributed by atoms with Gasteiger partial charge in [-0.25, -0.2) is 0 Å². The number of hydrogen-bond acceptors (Lipinski definition) is 4. The lowest BCUT2D eigenvalue weighted by atomic mass is 9.87. The van der Waals surface area contributed by atoms with Gasteiger partial charge in [-0.3, -0.25) is 4.79 Å². The van der Waals surface area contributed by atoms with Gasteiger partial charge in [0.2, 0.25) is 0 Å². The Morgan fingerprint density at radius 2 is 1.87 bits per heavy atom. The molecule has 4 nitrogen and oxygen atoms in total. The molecule has 2 aromatic carbocycles. The zero-order valence-electron chi connectivity index (χ0n) is 18.3. The number of hydrogen-bond donors (Lipinski definition) is 2. The second kappa shape index (κ2) is 11.7. The Hall–Kier alpha value is -2.63. The summed E-state index contributed by atoms with van der Waals surface area (Å²) in [5.41, 5.74) is 6.54. The molecule has 0 bridgehead atoms. The number of aryl methyl sites for hydroxylation is 2. The van der Waals surface area contributed by atoms with Crippen LogP contribution >= 0.6 is 11.3 Å². The highest BCUT2D eigenvalue weighted by Crippen LogP contribution is 2.32. The monoisotopic (exact) mass is 437 g/mol. The average molecular weight is 438 g/mol. The molecule has 3 aromatic rings. The van der Waals surface area contributed by atoms with Gasteiger partial charge in [0.1, 0.15) is 5.75 Å². The van der Waals surface area contributed by atoms with E-state index < -0.39 is 5.97 Å². The maximum atomic E-state index is 10.5. The Morgan fingerprint density at radius 1 is 1.06 bits per heavy atom. The number of aliphatic carboxylic acids is 1. The first kappa shape index (κ1) is 23.0. The lowest BCUT2D eigenvalue weighted by Gasteiger charge is -2.18. The molecule has 2 N–H and O–H groups in total. The predicted octanol–water partition coefficient (Wildman–Crippen LogP) is 5.92. The molecule has 164 valence electrons. The largest absolute Gasteiger partial charge is 0.494 e. The Bertz CT molecular complexity index is 951. The van der Waals surface area contributed by atoms with Crippen LogP contribution in [-0.2, 0) is 11.3 Å². The number of thiophene rings is 1. The van der Waals surface area contributed by atoms with Gasteiger partial charge in [-0.15, -0.1) is 0 Å². The van der Waals surface area contributed by atoms with Crippen molar-refractivity contribution in [3.8, 4) is 5.75 Å². The molecule has 1 atom stereocenters. The van der Waals surface area contributed by atoms with Crippen molar-refractivity contribution in [1.29, 1.82) is 0 Å². The summed E-state index contributed by atoms with van der Waals surface area (Å²) in [6, 6.07) is 17.0. The van der Waals surface area contributed by atoms with E-state index in [0.717, 1.165) is 24.2 Å². The number of benzene rings is 2. The molecule has 3 rings (SSSR count). The Kier molecular flexibility index (Phi) is 8.68. The normalized spacial score (nSPS) is 11.9. The first-order valence-electron chi connectivity index (χ1n) is 10.8. The molecule has 0 saturated heterocycles. The Balaban J connectivity index is 1.48. The van der Waals surface area contributed by atoms with Crippen LogP contribution in [0.5, 0.6) is 5.75 Å². The molecule has 5 heteroatoms. The molecule has 31 heavy (non-hydrogen) atoms. The van der Waals surface area contributed by atoms with Crippen LogP contribution in [0.1, 0.15) is 53.0 Å². The highest BCUT2D eigenvalue weighted by atomic mass is 32.1. The second-order valence-electron chi connectivity index (χ2n) is 7.91. The van der Waals surface area contributed by atoms with Gasteiger partial charge in [-0.05, 0) is 83.5 Å². The van der Waals surface area contributed by atoms with E-state index in [2.05, 4.69) is 54.2 Å². The van der Waals surface area contributed by atoms with E-state index >= 15 is 0 Å². The van der Waals surface area contributed by atoms with Crippen LogP contribution in [0.3, 0.4) is 0 Å². The van der Waals surface area contributed by atoms with Gasteiger partial charge in [0.25, 0.3) is 0 Å². The molecule has 0 saturated carbocycles. The van der Waals surface area contributed by atoms with Crippen molar-refractivity contribution in [1.82, 2.24) is 5.32 Å². The van der Waals surface area contributed by atoms with E-state index in [0.29, 0.717) is 25.6 Å². The van der Waals surface area contributed by atoms with E-state index in [4.69, 9.17) is 9.84 Å². The summed E-state index contributed by atoms with van der Waals surface area (Å²) in [6.07, 6.45) is 2.16. The SMILES string of the molecule is Cc1ccc([C@@H](CCCOc2ccc(CNCCC(=O)O)cc2)c2ccsc2)cc1C. The van der Waals surface area contributed by atoms with Gasteiger partial charge in [0.05, 0.1) is 13.0 Å². The molecular weight excluding hydrogens is 406 g/mol. The van der Waals surface area contributed by atoms with Crippen molar-refractivity contribution in [2.45, 2.75) is 45.6 Å². The standard InChI is InChI=1S/C26H31NO3S/c1-19-5-8-22(16-20(19)2)25(23-12-15-31-18-23)4-3-14-30-24-9-6-21(7-10-24)17-27-13-11-26(28)29/h5-10,12,15-16,18,25,27H,3-4,11,13-14,17H2,1-2H3,(H,28,29)/t25-/m1/s1. The van der Waals surface area contributed by atoms with Crippen molar-refractivity contribution >= 4 is 17.3 Å². The minimum atomic E-state index is -0.782. The number of carboxylic acids is 1. The zero-order valence-corrected chi connectivity index (χ0v) is 19.1. The fourth-order valence-corrected chi connectivity index (χ4v) is 4.30. The Labute approximate surface area is 188 Å². The number of carbonyl (C=O) groups is 1. The molecule has 0 aliphatic carbocycles. The van der Waals surface area contributed by atoms with E-state index in [9.17, 15) is 4.79 Å². The van der Waals surface area contributed by atoms with Crippen LogP contribution in [0.25, 0.3) is 0 Å². The lowest BCUT2D eigenvalue weighted by Crippen LogP contribution is -2.17. The van der Waals surface area contributed by atoms with Gasteiger partial charge in [-0.2, -0.15) is 11.3 Å². The fourth-order valence-electron chi connectivity index (χ4n) is 3.59. The molecule has 0 spiro atoms. The first-order chi connectivity index (χ1) is 15.0. The van der Waals surface area contributed by atoms with Crippen LogP contribution in [0, 0.1) is 13.8 Å². The summed E-state index contributed by atoms with van der Waals surface area (Å²) in [6.45, 7) is 6.15. The van der Waals surface area contributed by atoms with Gasteiger partial charge in [0, 0.05) is 19.0 Å². The summed E-state index contributed by atoms with van der Waals surface area (Å²) < 4.78 is 5.97. The quantitative estimate of drug-likeness (QED) is 0.345. The summed E-state index contributed by atoms with van der Waals surface area (Å²) >= 11 is 1.75. The van der Waals surface area contributed by atoms with Crippen molar-refractivity contribution in [2.24, 2.45) is 0 Å². The maximum Gasteiger partial charge on any atom is 0.304 e. The lowest BCUT2D eigenvalue weighted by molar-refractivity contribution is -0.136. The Morgan fingerprint density at radius 3 is 2.55 bits per heavy atom. The summed E-state index contributed by atoms with van der Waals surface area (Å²) in [5, 5.41) is 16.2. The highest BCUT2D eigenvalue weighted by molar-refractivity contribution is 7.08. The van der Waals surface area contributed by atoms with E-state index in [1.807, 2.05) is 24.3 Å². The minimum absolute atomic E-state index is 0.135. The van der Waals surface area contributed by atoms with Gasteiger partial charge in [0.15, 0.2) is 0 Å². The molecule has 1 heterocycles. The molecule has 0 aliphatic heterocycles. The second-order valence-corrected chi connectivity index (χ2v) is 8.69. The molecule has 0 fully saturated rings.